The van der Waals surface area contributed by atoms with Crippen LogP contribution in [0.15, 0.2) is 53.4 Å². The molecule has 6 nitrogen and oxygen atoms in total. The van der Waals surface area contributed by atoms with Crippen molar-refractivity contribution in [2.45, 2.75) is 29.7 Å². The Morgan fingerprint density at radius 3 is 2.38 bits per heavy atom. The van der Waals surface area contributed by atoms with E-state index in [-0.39, 0.29) is 16.6 Å². The summed E-state index contributed by atoms with van der Waals surface area (Å²) in [5.41, 5.74) is 1.49. The molecule has 3 rings (SSSR count). The lowest BCUT2D eigenvalue weighted by Crippen LogP contribution is -2.34. The molecule has 0 spiro atoms. The van der Waals surface area contributed by atoms with Gasteiger partial charge in [-0.1, -0.05) is 30.3 Å². The van der Waals surface area contributed by atoms with E-state index in [9.17, 15) is 18.5 Å². The van der Waals surface area contributed by atoms with Crippen molar-refractivity contribution in [1.82, 2.24) is 0 Å². The molecule has 0 amide bonds. The fourth-order valence-electron chi connectivity index (χ4n) is 3.00. The van der Waals surface area contributed by atoms with Crippen LogP contribution in [0.4, 0.5) is 11.4 Å². The number of nitro groups is 1. The van der Waals surface area contributed by atoms with Crippen LogP contribution < -0.4 is 5.32 Å². The first kappa shape index (κ1) is 16.4. The fraction of sp³-hybridized carbons (Fsp3) is 0.294. The molecule has 24 heavy (non-hydrogen) atoms. The summed E-state index contributed by atoms with van der Waals surface area (Å²) in [5, 5.41) is 14.1. The molecule has 0 saturated heterocycles. The second-order valence-corrected chi connectivity index (χ2v) is 8.11. The number of anilines is 1. The Hall–Kier alpha value is -2.41. The van der Waals surface area contributed by atoms with Crippen molar-refractivity contribution in [3.63, 3.8) is 0 Å². The van der Waals surface area contributed by atoms with Crippen molar-refractivity contribution >= 4 is 21.2 Å². The zero-order chi connectivity index (χ0) is 17.3. The van der Waals surface area contributed by atoms with Gasteiger partial charge < -0.3 is 5.32 Å². The zero-order valence-electron chi connectivity index (χ0n) is 13.2. The molecule has 0 aromatic heterocycles. The zero-order valence-corrected chi connectivity index (χ0v) is 14.0. The van der Waals surface area contributed by atoms with E-state index in [1.54, 1.807) is 0 Å². The van der Waals surface area contributed by atoms with E-state index < -0.39 is 14.8 Å². The number of sulfone groups is 1. The Morgan fingerprint density at radius 1 is 1.12 bits per heavy atom. The predicted octanol–water partition coefficient (Wildman–Crippen LogP) is 3.36. The Balaban J connectivity index is 1.76. The lowest BCUT2D eigenvalue weighted by Gasteiger charge is -2.37. The van der Waals surface area contributed by atoms with Gasteiger partial charge in [-0.05, 0) is 30.4 Å². The normalized spacial score (nSPS) is 20.2. The molecule has 0 aliphatic heterocycles. The van der Waals surface area contributed by atoms with E-state index >= 15 is 0 Å². The number of nitro benzene ring substituents is 1. The van der Waals surface area contributed by atoms with Crippen LogP contribution in [0.25, 0.3) is 0 Å². The fourth-order valence-corrected chi connectivity index (χ4v) is 3.86. The highest BCUT2D eigenvalue weighted by Gasteiger charge is 2.31. The van der Waals surface area contributed by atoms with Crippen molar-refractivity contribution in [2.24, 2.45) is 0 Å². The Morgan fingerprint density at radius 2 is 1.79 bits per heavy atom. The number of non-ortho nitro benzene ring substituents is 1. The van der Waals surface area contributed by atoms with Gasteiger partial charge in [-0.2, -0.15) is 0 Å². The first-order valence-corrected chi connectivity index (χ1v) is 9.53. The molecule has 1 fully saturated rings. The lowest BCUT2D eigenvalue weighted by molar-refractivity contribution is -0.385. The molecule has 0 atom stereocenters. The van der Waals surface area contributed by atoms with Gasteiger partial charge in [-0.3, -0.25) is 10.1 Å². The lowest BCUT2D eigenvalue weighted by atomic mass is 9.76. The highest BCUT2D eigenvalue weighted by atomic mass is 32.2. The van der Waals surface area contributed by atoms with Gasteiger partial charge in [0.1, 0.15) is 0 Å². The summed E-state index contributed by atoms with van der Waals surface area (Å²) in [4.78, 5) is 10.3. The third kappa shape index (κ3) is 3.41. The number of nitrogens with one attached hydrogen (secondary N) is 1. The first-order chi connectivity index (χ1) is 11.3. The van der Waals surface area contributed by atoms with Crippen molar-refractivity contribution in [1.29, 1.82) is 0 Å². The van der Waals surface area contributed by atoms with E-state index in [0.29, 0.717) is 11.6 Å². The van der Waals surface area contributed by atoms with E-state index in [4.69, 9.17) is 0 Å². The Bertz CT molecular complexity index is 859. The summed E-state index contributed by atoms with van der Waals surface area (Å²) >= 11 is 0. The number of rotatable bonds is 5. The Kier molecular flexibility index (Phi) is 4.28. The van der Waals surface area contributed by atoms with Crippen LogP contribution in [0.2, 0.25) is 0 Å². The summed E-state index contributed by atoms with van der Waals surface area (Å²) in [6.45, 7) is 0. The first-order valence-electron chi connectivity index (χ1n) is 7.64. The topological polar surface area (TPSA) is 89.3 Å². The molecule has 2 aromatic carbocycles. The van der Waals surface area contributed by atoms with Crippen LogP contribution in [0.1, 0.15) is 24.3 Å². The third-order valence-corrected chi connectivity index (χ3v) is 5.48. The second kappa shape index (κ2) is 6.24. The summed E-state index contributed by atoms with van der Waals surface area (Å²) in [7, 11) is -3.55. The molecule has 0 unspecified atom stereocenters. The molecule has 2 aromatic rings. The highest BCUT2D eigenvalue weighted by Crippen LogP contribution is 2.39. The number of nitrogens with zero attached hydrogens (tertiary/aromatic N) is 1. The van der Waals surface area contributed by atoms with Gasteiger partial charge >= 0.3 is 0 Å². The summed E-state index contributed by atoms with van der Waals surface area (Å²) in [5.74, 6) is 0.462. The molecule has 1 N–H and O–H groups in total. The smallest absolute Gasteiger partial charge is 0.270 e. The molecule has 0 radical (unpaired) electrons. The minimum absolute atomic E-state index is 0.0279. The predicted molar refractivity (Wildman–Crippen MR) is 92.0 cm³/mol. The molecule has 0 bridgehead atoms. The molecule has 1 aliphatic rings. The van der Waals surface area contributed by atoms with Crippen LogP contribution in [0.3, 0.4) is 0 Å². The van der Waals surface area contributed by atoms with Crippen LogP contribution in [0.5, 0.6) is 0 Å². The molecule has 126 valence electrons. The quantitative estimate of drug-likeness (QED) is 0.662. The van der Waals surface area contributed by atoms with Crippen LogP contribution in [-0.2, 0) is 9.84 Å². The Labute approximate surface area is 140 Å². The largest absolute Gasteiger partial charge is 0.381 e. The minimum Gasteiger partial charge on any atom is -0.381 e. The van der Waals surface area contributed by atoms with E-state index in [2.05, 4.69) is 17.4 Å². The van der Waals surface area contributed by atoms with E-state index in [0.717, 1.165) is 25.2 Å². The van der Waals surface area contributed by atoms with Gasteiger partial charge in [-0.25, -0.2) is 8.42 Å². The molecular weight excluding hydrogens is 328 g/mol. The second-order valence-electron chi connectivity index (χ2n) is 6.13. The number of benzene rings is 2. The summed E-state index contributed by atoms with van der Waals surface area (Å²) < 4.78 is 23.9. The average Bonchev–Trinajstić information content (AvgIpc) is 2.50. The van der Waals surface area contributed by atoms with Crippen molar-refractivity contribution in [3.8, 4) is 0 Å². The van der Waals surface area contributed by atoms with E-state index in [1.165, 1.54) is 17.7 Å². The van der Waals surface area contributed by atoms with Gasteiger partial charge in [0.15, 0.2) is 9.84 Å². The average molecular weight is 346 g/mol. The highest BCUT2D eigenvalue weighted by molar-refractivity contribution is 7.90. The standard InChI is InChI=1S/C17H18N2O4S/c1-24(22,23)17-11-15(19(20)21)7-8-16(17)18-14-9-13(10-14)12-5-3-2-4-6-12/h2-8,11,13-14,18H,9-10H2,1H3. The van der Waals surface area contributed by atoms with Crippen LogP contribution >= 0.6 is 0 Å². The monoisotopic (exact) mass is 346 g/mol. The summed E-state index contributed by atoms with van der Waals surface area (Å²) in [6, 6.07) is 14.3. The molecular formula is C17H18N2O4S. The van der Waals surface area contributed by atoms with Gasteiger partial charge in [-0.15, -0.1) is 0 Å². The SMILES string of the molecule is CS(=O)(=O)c1cc([N+](=O)[O-])ccc1NC1CC(c2ccccc2)C1. The van der Waals surface area contributed by atoms with Gasteiger partial charge in [0, 0.05) is 24.4 Å². The maximum atomic E-state index is 11.9. The van der Waals surface area contributed by atoms with Crippen LogP contribution in [0, 0.1) is 10.1 Å². The number of hydrogen-bond donors (Lipinski definition) is 1. The van der Waals surface area contributed by atoms with Gasteiger partial charge in [0.05, 0.1) is 15.5 Å². The maximum absolute atomic E-state index is 11.9. The summed E-state index contributed by atoms with van der Waals surface area (Å²) in [6.07, 6.45) is 2.87. The van der Waals surface area contributed by atoms with Crippen molar-refractivity contribution in [2.75, 3.05) is 11.6 Å². The van der Waals surface area contributed by atoms with Crippen LogP contribution in [-0.4, -0.2) is 25.6 Å². The van der Waals surface area contributed by atoms with Crippen molar-refractivity contribution in [3.05, 3.63) is 64.2 Å². The van der Waals surface area contributed by atoms with Gasteiger partial charge in [0.25, 0.3) is 5.69 Å². The molecule has 7 heteroatoms. The minimum atomic E-state index is -3.55. The molecule has 1 aliphatic carbocycles. The van der Waals surface area contributed by atoms with E-state index in [1.807, 2.05) is 18.2 Å². The van der Waals surface area contributed by atoms with Crippen molar-refractivity contribution < 1.29 is 13.3 Å². The van der Waals surface area contributed by atoms with Gasteiger partial charge in [0.2, 0.25) is 0 Å². The maximum Gasteiger partial charge on any atom is 0.270 e. The third-order valence-electron chi connectivity index (χ3n) is 4.34. The number of hydrogen-bond acceptors (Lipinski definition) is 5. The molecule has 1 saturated carbocycles. The molecule has 0 heterocycles.